The van der Waals surface area contributed by atoms with E-state index in [1.807, 2.05) is 41.2 Å². The van der Waals surface area contributed by atoms with E-state index < -0.39 is 0 Å². The van der Waals surface area contributed by atoms with Crippen molar-refractivity contribution >= 4 is 34.4 Å². The first-order chi connectivity index (χ1) is 16.1. The van der Waals surface area contributed by atoms with Crippen molar-refractivity contribution in [2.75, 3.05) is 20.2 Å². The number of pyridine rings is 2. The average molecular weight is 460 g/mol. The Labute approximate surface area is 196 Å². The average Bonchev–Trinajstić information content (AvgIpc) is 3.40. The minimum Gasteiger partial charge on any atom is -0.497 e. The molecule has 1 saturated heterocycles. The third kappa shape index (κ3) is 3.39. The molecule has 0 bridgehead atoms. The van der Waals surface area contributed by atoms with E-state index in [1.54, 1.807) is 7.11 Å². The molecule has 0 aliphatic carbocycles. The molecule has 1 fully saturated rings. The number of aromatic nitrogens is 6. The predicted octanol–water partition coefficient (Wildman–Crippen LogP) is 4.22. The maximum atomic E-state index is 5.86. The molecule has 0 unspecified atom stereocenters. The highest BCUT2D eigenvalue weighted by Gasteiger charge is 2.25. The Balaban J connectivity index is 1.26. The van der Waals surface area contributed by atoms with Crippen LogP contribution in [0.3, 0.4) is 0 Å². The molecule has 4 aromatic heterocycles. The topological polar surface area (TPSA) is 64.9 Å². The van der Waals surface area contributed by atoms with E-state index in [9.17, 15) is 0 Å². The predicted molar refractivity (Wildman–Crippen MR) is 129 cm³/mol. The molecule has 6 rings (SSSR count). The lowest BCUT2D eigenvalue weighted by atomic mass is 9.96. The molecule has 33 heavy (non-hydrogen) atoms. The van der Waals surface area contributed by atoms with Gasteiger partial charge in [0, 0.05) is 36.7 Å². The summed E-state index contributed by atoms with van der Waals surface area (Å²) < 4.78 is 12.3. The summed E-state index contributed by atoms with van der Waals surface area (Å²) in [7, 11) is 1.68. The molecule has 5 aromatic rings. The summed E-state index contributed by atoms with van der Waals surface area (Å²) in [6, 6.07) is 14.2. The molecule has 1 aliphatic heterocycles. The molecule has 9 heteroatoms. The molecule has 0 spiro atoms. The number of hydrogen-bond donors (Lipinski definition) is 0. The van der Waals surface area contributed by atoms with Gasteiger partial charge in [0.25, 0.3) is 0 Å². The number of methoxy groups -OCH3 is 1. The summed E-state index contributed by atoms with van der Waals surface area (Å²) in [5.41, 5.74) is 3.97. The molecule has 0 amide bonds. The van der Waals surface area contributed by atoms with Crippen molar-refractivity contribution in [1.82, 2.24) is 33.7 Å². The van der Waals surface area contributed by atoms with Gasteiger partial charge in [0.2, 0.25) is 4.77 Å². The van der Waals surface area contributed by atoms with Crippen LogP contribution in [0.4, 0.5) is 0 Å². The highest BCUT2D eigenvalue weighted by Crippen LogP contribution is 2.28. The molecular formula is C24H25N7OS. The van der Waals surface area contributed by atoms with Crippen molar-refractivity contribution in [2.24, 2.45) is 0 Å². The van der Waals surface area contributed by atoms with Gasteiger partial charge in [-0.25, -0.2) is 4.68 Å². The van der Waals surface area contributed by atoms with E-state index in [2.05, 4.69) is 43.0 Å². The second-order valence-electron chi connectivity index (χ2n) is 8.71. The fourth-order valence-corrected chi connectivity index (χ4v) is 5.22. The van der Waals surface area contributed by atoms with Crippen molar-refractivity contribution in [3.05, 3.63) is 64.8 Å². The first-order valence-corrected chi connectivity index (χ1v) is 11.6. The molecule has 8 nitrogen and oxygen atoms in total. The molecular weight excluding hydrogens is 434 g/mol. The number of ether oxygens (including phenoxy) is 1. The number of likely N-dealkylation sites (tertiary alicyclic amines) is 1. The van der Waals surface area contributed by atoms with Crippen molar-refractivity contribution in [3.8, 4) is 5.75 Å². The van der Waals surface area contributed by atoms with Crippen LogP contribution < -0.4 is 4.74 Å². The Morgan fingerprint density at radius 3 is 2.73 bits per heavy atom. The van der Waals surface area contributed by atoms with Gasteiger partial charge >= 0.3 is 0 Å². The van der Waals surface area contributed by atoms with E-state index in [0.29, 0.717) is 17.4 Å². The van der Waals surface area contributed by atoms with Gasteiger partial charge in [0.1, 0.15) is 11.6 Å². The van der Waals surface area contributed by atoms with Gasteiger partial charge in [-0.3, -0.25) is 13.7 Å². The number of benzene rings is 1. The van der Waals surface area contributed by atoms with Crippen LogP contribution in [0.15, 0.2) is 48.7 Å². The Morgan fingerprint density at radius 2 is 1.91 bits per heavy atom. The summed E-state index contributed by atoms with van der Waals surface area (Å²) >= 11 is 5.86. The van der Waals surface area contributed by atoms with E-state index >= 15 is 0 Å². The Hall–Kier alpha value is -3.30. The maximum absolute atomic E-state index is 5.86. The normalized spacial score (nSPS) is 15.7. The first kappa shape index (κ1) is 20.3. The number of hydrogen-bond acceptors (Lipinski definition) is 6. The largest absolute Gasteiger partial charge is 0.497 e. The van der Waals surface area contributed by atoms with Crippen LogP contribution in [0.5, 0.6) is 5.75 Å². The third-order valence-electron chi connectivity index (χ3n) is 6.71. The Kier molecular flexibility index (Phi) is 4.88. The van der Waals surface area contributed by atoms with E-state index in [-0.39, 0.29) is 0 Å². The fraction of sp³-hybridized carbons (Fsp3) is 0.333. The lowest BCUT2D eigenvalue weighted by molar-refractivity contribution is 0.158. The van der Waals surface area contributed by atoms with Crippen LogP contribution in [-0.4, -0.2) is 53.9 Å². The fourth-order valence-electron chi connectivity index (χ4n) is 4.93. The molecule has 168 valence electrons. The summed E-state index contributed by atoms with van der Waals surface area (Å²) in [6.45, 7) is 4.72. The third-order valence-corrected chi connectivity index (χ3v) is 7.10. The van der Waals surface area contributed by atoms with Gasteiger partial charge in [-0.1, -0.05) is 6.07 Å². The molecule has 0 radical (unpaired) electrons. The summed E-state index contributed by atoms with van der Waals surface area (Å²) in [6.07, 6.45) is 4.12. The van der Waals surface area contributed by atoms with Gasteiger partial charge in [0.05, 0.1) is 19.3 Å². The van der Waals surface area contributed by atoms with Crippen molar-refractivity contribution in [2.45, 2.75) is 32.4 Å². The molecule has 1 aromatic carbocycles. The zero-order valence-electron chi connectivity index (χ0n) is 18.7. The maximum Gasteiger partial charge on any atom is 0.204 e. The monoisotopic (exact) mass is 459 g/mol. The van der Waals surface area contributed by atoms with Crippen LogP contribution >= 0.6 is 12.2 Å². The van der Waals surface area contributed by atoms with Crippen LogP contribution in [0.2, 0.25) is 0 Å². The standard InChI is InChI=1S/C24H25N7OS/c1-16-13-22-27-30(24(33)31(22)20-14-18(32-2)6-7-19(16)20)15-28-11-8-17(9-12-28)23-26-25-21-5-3-4-10-29(21)23/h3-7,10,13-14,17H,8-9,11-12,15H2,1-2H3. The number of aryl methyl sites for hydroxylation is 1. The summed E-state index contributed by atoms with van der Waals surface area (Å²) in [4.78, 5) is 2.41. The van der Waals surface area contributed by atoms with Crippen molar-refractivity contribution in [1.29, 1.82) is 0 Å². The summed E-state index contributed by atoms with van der Waals surface area (Å²) in [5, 5.41) is 14.8. The van der Waals surface area contributed by atoms with E-state index in [0.717, 1.165) is 59.7 Å². The second-order valence-corrected chi connectivity index (χ2v) is 9.07. The molecule has 0 saturated carbocycles. The van der Waals surface area contributed by atoms with Crippen LogP contribution in [0, 0.1) is 11.7 Å². The smallest absolute Gasteiger partial charge is 0.204 e. The van der Waals surface area contributed by atoms with Crippen molar-refractivity contribution in [3.63, 3.8) is 0 Å². The number of rotatable bonds is 4. The van der Waals surface area contributed by atoms with E-state index in [4.69, 9.17) is 22.1 Å². The Bertz CT molecular complexity index is 1540. The van der Waals surface area contributed by atoms with Gasteiger partial charge in [0.15, 0.2) is 11.3 Å². The lowest BCUT2D eigenvalue weighted by Gasteiger charge is -2.30. The molecule has 0 N–H and O–H groups in total. The SMILES string of the molecule is COc1ccc2c(C)cc3nn(CN4CCC(c5nnc6ccccn56)CC4)c(=S)n3c2c1. The second kappa shape index (κ2) is 7.93. The Morgan fingerprint density at radius 1 is 1.06 bits per heavy atom. The van der Waals surface area contributed by atoms with Gasteiger partial charge in [-0.15, -0.1) is 10.2 Å². The van der Waals surface area contributed by atoms with Crippen molar-refractivity contribution < 1.29 is 4.74 Å². The molecule has 0 atom stereocenters. The van der Waals surface area contributed by atoms with Gasteiger partial charge < -0.3 is 4.74 Å². The van der Waals surface area contributed by atoms with Crippen LogP contribution in [0.1, 0.15) is 30.1 Å². The van der Waals surface area contributed by atoms with Crippen LogP contribution in [0.25, 0.3) is 22.2 Å². The number of piperidine rings is 1. The van der Waals surface area contributed by atoms with Gasteiger partial charge in [-0.2, -0.15) is 5.10 Å². The zero-order valence-corrected chi connectivity index (χ0v) is 19.5. The number of fused-ring (bicyclic) bond motifs is 4. The first-order valence-electron chi connectivity index (χ1n) is 11.2. The highest BCUT2D eigenvalue weighted by atomic mass is 32.1. The highest BCUT2D eigenvalue weighted by molar-refractivity contribution is 7.71. The minimum absolute atomic E-state index is 0.409. The number of nitrogens with zero attached hydrogens (tertiary/aromatic N) is 7. The quantitative estimate of drug-likeness (QED) is 0.375. The minimum atomic E-state index is 0.409. The van der Waals surface area contributed by atoms with E-state index in [1.165, 1.54) is 5.56 Å². The van der Waals surface area contributed by atoms with Gasteiger partial charge in [-0.05, 0) is 67.9 Å². The lowest BCUT2D eigenvalue weighted by Crippen LogP contribution is -2.35. The zero-order chi connectivity index (χ0) is 22.5. The summed E-state index contributed by atoms with van der Waals surface area (Å²) in [5.74, 6) is 2.28. The van der Waals surface area contributed by atoms with Crippen LogP contribution in [-0.2, 0) is 6.67 Å². The molecule has 5 heterocycles. The molecule has 1 aliphatic rings.